The van der Waals surface area contributed by atoms with Crippen LogP contribution >= 0.6 is 11.6 Å². The molecule has 1 aliphatic carbocycles. The minimum Gasteiger partial charge on any atom is -0.122 e. The van der Waals surface area contributed by atoms with Crippen LogP contribution in [0, 0.1) is 17.8 Å². The Morgan fingerprint density at radius 3 is 2.00 bits per heavy atom. The van der Waals surface area contributed by atoms with Crippen molar-refractivity contribution in [2.45, 2.75) is 32.6 Å². The van der Waals surface area contributed by atoms with E-state index < -0.39 is 0 Å². The minimum absolute atomic E-state index is 0.493. The number of hydrogen-bond acceptors (Lipinski definition) is 0. The van der Waals surface area contributed by atoms with E-state index in [2.05, 4.69) is 20.8 Å². The van der Waals surface area contributed by atoms with Crippen molar-refractivity contribution in [1.82, 2.24) is 0 Å². The molecular formula is C8H15Cl. The lowest BCUT2D eigenvalue weighted by Crippen LogP contribution is -1.90. The van der Waals surface area contributed by atoms with Gasteiger partial charge in [-0.05, 0) is 24.2 Å². The van der Waals surface area contributed by atoms with Gasteiger partial charge in [0.1, 0.15) is 0 Å². The fourth-order valence-electron chi connectivity index (χ4n) is 1.38. The molecule has 3 unspecified atom stereocenters. The second kappa shape index (κ2) is 2.49. The van der Waals surface area contributed by atoms with Crippen LogP contribution in [0.1, 0.15) is 27.2 Å². The first kappa shape index (κ1) is 7.40. The van der Waals surface area contributed by atoms with Gasteiger partial charge in [-0.15, -0.1) is 11.6 Å². The molecule has 3 atom stereocenters. The summed E-state index contributed by atoms with van der Waals surface area (Å²) in [7, 11) is 0. The molecule has 0 heterocycles. The first-order valence-electron chi connectivity index (χ1n) is 3.77. The summed E-state index contributed by atoms with van der Waals surface area (Å²) in [6, 6.07) is 0. The zero-order valence-corrected chi connectivity index (χ0v) is 7.15. The van der Waals surface area contributed by atoms with Gasteiger partial charge < -0.3 is 0 Å². The van der Waals surface area contributed by atoms with Gasteiger partial charge in [0.05, 0.1) is 0 Å². The first-order valence-corrected chi connectivity index (χ1v) is 4.20. The maximum atomic E-state index is 5.95. The van der Waals surface area contributed by atoms with Crippen molar-refractivity contribution >= 4 is 11.6 Å². The van der Waals surface area contributed by atoms with Crippen molar-refractivity contribution in [1.29, 1.82) is 0 Å². The third-order valence-electron chi connectivity index (χ3n) is 2.19. The molecule has 0 aromatic rings. The van der Waals surface area contributed by atoms with Crippen molar-refractivity contribution < 1.29 is 0 Å². The molecule has 1 rings (SSSR count). The average Bonchev–Trinajstić information content (AvgIpc) is 2.22. The smallest absolute Gasteiger partial charge is 0.0396 e. The lowest BCUT2D eigenvalue weighted by Gasteiger charge is -1.99. The van der Waals surface area contributed by atoms with Crippen LogP contribution in [0.15, 0.2) is 0 Å². The molecule has 0 bridgehead atoms. The van der Waals surface area contributed by atoms with Crippen LogP contribution in [0.4, 0.5) is 0 Å². The van der Waals surface area contributed by atoms with Crippen LogP contribution in [0.2, 0.25) is 0 Å². The summed E-state index contributed by atoms with van der Waals surface area (Å²) < 4.78 is 0. The van der Waals surface area contributed by atoms with Crippen molar-refractivity contribution in [3.05, 3.63) is 0 Å². The molecule has 1 fully saturated rings. The van der Waals surface area contributed by atoms with Crippen LogP contribution in [-0.2, 0) is 0 Å². The molecule has 0 radical (unpaired) electrons. The predicted molar refractivity (Wildman–Crippen MR) is 41.8 cm³/mol. The number of rotatable bonds is 2. The van der Waals surface area contributed by atoms with E-state index in [9.17, 15) is 0 Å². The number of hydrogen-bond donors (Lipinski definition) is 0. The Kier molecular flexibility index (Phi) is 2.05. The Morgan fingerprint density at radius 2 is 1.89 bits per heavy atom. The zero-order valence-electron chi connectivity index (χ0n) is 6.39. The van der Waals surface area contributed by atoms with E-state index >= 15 is 0 Å². The van der Waals surface area contributed by atoms with E-state index in [-0.39, 0.29) is 0 Å². The number of halogens is 1. The van der Waals surface area contributed by atoms with Crippen molar-refractivity contribution in [2.75, 3.05) is 0 Å². The quantitative estimate of drug-likeness (QED) is 0.526. The fourth-order valence-corrected chi connectivity index (χ4v) is 1.82. The maximum Gasteiger partial charge on any atom is 0.0396 e. The Labute approximate surface area is 62.6 Å². The molecule has 9 heavy (non-hydrogen) atoms. The number of alkyl halides is 1. The topological polar surface area (TPSA) is 0 Å². The molecule has 1 saturated carbocycles. The zero-order chi connectivity index (χ0) is 7.02. The van der Waals surface area contributed by atoms with Crippen LogP contribution in [0.5, 0.6) is 0 Å². The SMILES string of the molecule is CC(C)CC1C(C)C1Cl. The normalized spacial score (nSPS) is 41.7. The van der Waals surface area contributed by atoms with E-state index in [1.807, 2.05) is 0 Å². The van der Waals surface area contributed by atoms with E-state index in [4.69, 9.17) is 11.6 Å². The van der Waals surface area contributed by atoms with E-state index in [0.29, 0.717) is 5.38 Å². The maximum absolute atomic E-state index is 5.95. The minimum atomic E-state index is 0.493. The summed E-state index contributed by atoms with van der Waals surface area (Å²) in [4.78, 5) is 0. The Bertz CT molecular complexity index is 90.7. The summed E-state index contributed by atoms with van der Waals surface area (Å²) in [5.74, 6) is 2.43. The molecule has 0 saturated heterocycles. The molecule has 0 amide bonds. The lowest BCUT2D eigenvalue weighted by molar-refractivity contribution is 0.521. The Morgan fingerprint density at radius 1 is 1.44 bits per heavy atom. The highest BCUT2D eigenvalue weighted by molar-refractivity contribution is 6.22. The summed E-state index contributed by atoms with van der Waals surface area (Å²) in [5, 5.41) is 0.493. The third kappa shape index (κ3) is 1.61. The molecule has 0 aromatic heterocycles. The monoisotopic (exact) mass is 146 g/mol. The summed E-state index contributed by atoms with van der Waals surface area (Å²) in [6.45, 7) is 6.76. The highest BCUT2D eigenvalue weighted by Crippen LogP contribution is 2.47. The van der Waals surface area contributed by atoms with E-state index in [1.165, 1.54) is 6.42 Å². The lowest BCUT2D eigenvalue weighted by atomic mass is 10.1. The second-order valence-electron chi connectivity index (χ2n) is 3.60. The summed E-state index contributed by atoms with van der Waals surface area (Å²) >= 11 is 5.95. The van der Waals surface area contributed by atoms with Crippen LogP contribution < -0.4 is 0 Å². The summed E-state index contributed by atoms with van der Waals surface area (Å²) in [5.41, 5.74) is 0. The molecule has 0 nitrogen and oxygen atoms in total. The van der Waals surface area contributed by atoms with E-state index in [1.54, 1.807) is 0 Å². The van der Waals surface area contributed by atoms with Gasteiger partial charge in [0.15, 0.2) is 0 Å². The van der Waals surface area contributed by atoms with Gasteiger partial charge in [-0.1, -0.05) is 20.8 Å². The molecule has 1 heteroatoms. The largest absolute Gasteiger partial charge is 0.122 e. The first-order chi connectivity index (χ1) is 4.13. The molecule has 0 aromatic carbocycles. The molecule has 0 aliphatic heterocycles. The van der Waals surface area contributed by atoms with Gasteiger partial charge in [-0.2, -0.15) is 0 Å². The average molecular weight is 147 g/mol. The highest BCUT2D eigenvalue weighted by atomic mass is 35.5. The predicted octanol–water partition coefficient (Wildman–Crippen LogP) is 2.91. The van der Waals surface area contributed by atoms with Gasteiger partial charge in [0.2, 0.25) is 0 Å². The molecule has 54 valence electrons. The van der Waals surface area contributed by atoms with Crippen LogP contribution in [0.3, 0.4) is 0 Å². The highest BCUT2D eigenvalue weighted by Gasteiger charge is 2.44. The second-order valence-corrected chi connectivity index (χ2v) is 4.10. The van der Waals surface area contributed by atoms with Crippen molar-refractivity contribution in [3.8, 4) is 0 Å². The fraction of sp³-hybridized carbons (Fsp3) is 1.00. The van der Waals surface area contributed by atoms with Crippen molar-refractivity contribution in [3.63, 3.8) is 0 Å². The van der Waals surface area contributed by atoms with Gasteiger partial charge in [0.25, 0.3) is 0 Å². The van der Waals surface area contributed by atoms with Crippen LogP contribution in [0.25, 0.3) is 0 Å². The van der Waals surface area contributed by atoms with Gasteiger partial charge >= 0.3 is 0 Å². The van der Waals surface area contributed by atoms with Crippen LogP contribution in [-0.4, -0.2) is 5.38 Å². The van der Waals surface area contributed by atoms with E-state index in [0.717, 1.165) is 17.8 Å². The third-order valence-corrected chi connectivity index (χ3v) is 2.91. The molecule has 0 spiro atoms. The molecule has 1 aliphatic rings. The van der Waals surface area contributed by atoms with Gasteiger partial charge in [-0.25, -0.2) is 0 Å². The van der Waals surface area contributed by atoms with Gasteiger partial charge in [0, 0.05) is 5.38 Å². The molecule has 0 N–H and O–H groups in total. The van der Waals surface area contributed by atoms with Crippen molar-refractivity contribution in [2.24, 2.45) is 17.8 Å². The summed E-state index contributed by atoms with van der Waals surface area (Å²) in [6.07, 6.45) is 1.31. The Hall–Kier alpha value is 0.290. The standard InChI is InChI=1S/C8H15Cl/c1-5(2)4-7-6(3)8(7)9/h5-8H,4H2,1-3H3. The van der Waals surface area contributed by atoms with Gasteiger partial charge in [-0.3, -0.25) is 0 Å². The molecular weight excluding hydrogens is 132 g/mol. The Balaban J connectivity index is 2.18.